The number of sulfonamides is 1. The van der Waals surface area contributed by atoms with Crippen LogP contribution in [0.3, 0.4) is 0 Å². The van der Waals surface area contributed by atoms with Gasteiger partial charge in [-0.25, -0.2) is 8.42 Å². The van der Waals surface area contributed by atoms with E-state index in [9.17, 15) is 13.2 Å². The summed E-state index contributed by atoms with van der Waals surface area (Å²) in [6.07, 6.45) is 2.65. The Labute approximate surface area is 94.1 Å². The van der Waals surface area contributed by atoms with Gasteiger partial charge in [0.15, 0.2) is 12.0 Å². The van der Waals surface area contributed by atoms with Gasteiger partial charge in [0.1, 0.15) is 0 Å². The van der Waals surface area contributed by atoms with Crippen molar-refractivity contribution in [3.63, 3.8) is 0 Å². The Morgan fingerprint density at radius 1 is 1.50 bits per heavy atom. The number of hydrogen-bond donors (Lipinski definition) is 0. The van der Waals surface area contributed by atoms with Crippen molar-refractivity contribution in [2.75, 3.05) is 13.6 Å². The second-order valence-electron chi connectivity index (χ2n) is 4.00. The van der Waals surface area contributed by atoms with Crippen molar-refractivity contribution in [1.82, 2.24) is 4.31 Å². The fourth-order valence-corrected chi connectivity index (χ4v) is 2.61. The molecule has 0 radical (unpaired) electrons. The molecule has 0 spiro atoms. The van der Waals surface area contributed by atoms with Crippen molar-refractivity contribution in [2.24, 2.45) is 5.92 Å². The van der Waals surface area contributed by atoms with Gasteiger partial charge >= 0.3 is 0 Å². The van der Waals surface area contributed by atoms with Crippen molar-refractivity contribution in [3.05, 3.63) is 17.9 Å². The Morgan fingerprint density at radius 3 is 2.69 bits per heavy atom. The smallest absolute Gasteiger partial charge is 0.276 e. The molecule has 0 amide bonds. The first-order chi connectivity index (χ1) is 7.54. The van der Waals surface area contributed by atoms with Gasteiger partial charge in [-0.3, -0.25) is 4.79 Å². The second-order valence-corrected chi connectivity index (χ2v) is 5.98. The maximum atomic E-state index is 11.9. The Bertz CT molecular complexity index is 487. The molecule has 1 aliphatic carbocycles. The van der Waals surface area contributed by atoms with Crippen LogP contribution in [0.25, 0.3) is 0 Å². The topological polar surface area (TPSA) is 67.6 Å². The van der Waals surface area contributed by atoms with Crippen LogP contribution in [0.5, 0.6) is 0 Å². The molecule has 1 heterocycles. The average molecular weight is 243 g/mol. The van der Waals surface area contributed by atoms with Gasteiger partial charge in [-0.15, -0.1) is 0 Å². The minimum Gasteiger partial charge on any atom is -0.440 e. The van der Waals surface area contributed by atoms with Crippen LogP contribution in [-0.4, -0.2) is 32.6 Å². The van der Waals surface area contributed by atoms with E-state index in [2.05, 4.69) is 0 Å². The summed E-state index contributed by atoms with van der Waals surface area (Å²) < 4.78 is 30.1. The lowest BCUT2D eigenvalue weighted by molar-refractivity contribution is 0.109. The maximum Gasteiger partial charge on any atom is 0.276 e. The fourth-order valence-electron chi connectivity index (χ4n) is 1.45. The van der Waals surface area contributed by atoms with Crippen LogP contribution in [0.2, 0.25) is 0 Å². The van der Waals surface area contributed by atoms with Crippen molar-refractivity contribution < 1.29 is 17.6 Å². The van der Waals surface area contributed by atoms with Crippen LogP contribution in [0.1, 0.15) is 23.4 Å². The van der Waals surface area contributed by atoms with Crippen LogP contribution < -0.4 is 0 Å². The largest absolute Gasteiger partial charge is 0.440 e. The lowest BCUT2D eigenvalue weighted by atomic mass is 10.4. The monoisotopic (exact) mass is 243 g/mol. The summed E-state index contributed by atoms with van der Waals surface area (Å²) >= 11 is 0. The highest BCUT2D eigenvalue weighted by molar-refractivity contribution is 7.89. The predicted octanol–water partition coefficient (Wildman–Crippen LogP) is 1.12. The van der Waals surface area contributed by atoms with E-state index in [-0.39, 0.29) is 10.9 Å². The third kappa shape index (κ3) is 2.17. The van der Waals surface area contributed by atoms with Gasteiger partial charge in [0, 0.05) is 13.6 Å². The van der Waals surface area contributed by atoms with E-state index in [0.717, 1.165) is 12.8 Å². The maximum absolute atomic E-state index is 11.9. The number of carbonyl (C=O) groups excluding carboxylic acids is 1. The molecule has 88 valence electrons. The fraction of sp³-hybridized carbons (Fsp3) is 0.500. The van der Waals surface area contributed by atoms with Gasteiger partial charge in [-0.2, -0.15) is 4.31 Å². The molecule has 0 aliphatic heterocycles. The molecule has 5 nitrogen and oxygen atoms in total. The predicted molar refractivity (Wildman–Crippen MR) is 56.6 cm³/mol. The zero-order chi connectivity index (χ0) is 11.8. The van der Waals surface area contributed by atoms with Crippen LogP contribution >= 0.6 is 0 Å². The first kappa shape index (κ1) is 11.3. The van der Waals surface area contributed by atoms with Crippen LogP contribution in [-0.2, 0) is 10.0 Å². The van der Waals surface area contributed by atoms with Gasteiger partial charge in [0.2, 0.25) is 5.09 Å². The van der Waals surface area contributed by atoms with Crippen molar-refractivity contribution >= 4 is 16.3 Å². The van der Waals surface area contributed by atoms with Gasteiger partial charge in [-0.1, -0.05) is 0 Å². The molecule has 1 aromatic heterocycles. The molecule has 6 heteroatoms. The van der Waals surface area contributed by atoms with Gasteiger partial charge in [0.05, 0.1) is 0 Å². The van der Waals surface area contributed by atoms with Crippen molar-refractivity contribution in [1.29, 1.82) is 0 Å². The number of rotatable bonds is 5. The number of furan rings is 1. The molecule has 1 aliphatic rings. The molecule has 0 atom stereocenters. The molecule has 1 aromatic rings. The Balaban J connectivity index is 2.19. The summed E-state index contributed by atoms with van der Waals surface area (Å²) in [6, 6.07) is 2.66. The van der Waals surface area contributed by atoms with E-state index in [1.807, 2.05) is 0 Å². The van der Waals surface area contributed by atoms with E-state index in [1.165, 1.54) is 23.5 Å². The van der Waals surface area contributed by atoms with E-state index >= 15 is 0 Å². The standard InChI is InChI=1S/C10H13NO4S/c1-11(6-8-2-3-8)16(13,14)10-5-4-9(7-12)15-10/h4-5,7-8H,2-3,6H2,1H3. The molecule has 0 aromatic carbocycles. The molecular formula is C10H13NO4S. The van der Waals surface area contributed by atoms with E-state index in [4.69, 9.17) is 4.42 Å². The molecule has 0 N–H and O–H groups in total. The molecule has 0 unspecified atom stereocenters. The van der Waals surface area contributed by atoms with E-state index < -0.39 is 10.0 Å². The first-order valence-corrected chi connectivity index (χ1v) is 6.49. The normalized spacial score (nSPS) is 16.6. The highest BCUT2D eigenvalue weighted by atomic mass is 32.2. The summed E-state index contributed by atoms with van der Waals surface area (Å²) in [5, 5.41) is -0.169. The molecule has 2 rings (SSSR count). The van der Waals surface area contributed by atoms with E-state index in [0.29, 0.717) is 18.7 Å². The number of carbonyl (C=O) groups is 1. The Kier molecular flexibility index (Phi) is 2.86. The highest BCUT2D eigenvalue weighted by Gasteiger charge is 2.30. The third-order valence-corrected chi connectivity index (χ3v) is 4.29. The quantitative estimate of drug-likeness (QED) is 0.727. The minimum atomic E-state index is -3.58. The second kappa shape index (κ2) is 4.03. The molecule has 16 heavy (non-hydrogen) atoms. The average Bonchev–Trinajstić information content (AvgIpc) is 2.93. The Morgan fingerprint density at radius 2 is 2.19 bits per heavy atom. The van der Waals surface area contributed by atoms with Crippen molar-refractivity contribution in [2.45, 2.75) is 17.9 Å². The summed E-state index contributed by atoms with van der Waals surface area (Å²) in [4.78, 5) is 10.4. The van der Waals surface area contributed by atoms with E-state index in [1.54, 1.807) is 0 Å². The summed E-state index contributed by atoms with van der Waals surface area (Å²) in [6.45, 7) is 0.513. The molecular weight excluding hydrogens is 230 g/mol. The lowest BCUT2D eigenvalue weighted by Gasteiger charge is -2.14. The SMILES string of the molecule is CN(CC1CC1)S(=O)(=O)c1ccc(C=O)o1. The van der Waals surface area contributed by atoms with Crippen LogP contribution in [0.4, 0.5) is 0 Å². The van der Waals surface area contributed by atoms with Gasteiger partial charge in [-0.05, 0) is 30.9 Å². The van der Waals surface area contributed by atoms with Gasteiger partial charge in [0.25, 0.3) is 10.0 Å². The van der Waals surface area contributed by atoms with Gasteiger partial charge < -0.3 is 4.42 Å². The number of nitrogens with zero attached hydrogens (tertiary/aromatic N) is 1. The molecule has 1 fully saturated rings. The zero-order valence-corrected chi connectivity index (χ0v) is 9.74. The van der Waals surface area contributed by atoms with Crippen molar-refractivity contribution in [3.8, 4) is 0 Å². The van der Waals surface area contributed by atoms with Crippen LogP contribution in [0, 0.1) is 5.92 Å². The zero-order valence-electron chi connectivity index (χ0n) is 8.92. The third-order valence-electron chi connectivity index (χ3n) is 2.60. The molecule has 1 saturated carbocycles. The number of hydrogen-bond acceptors (Lipinski definition) is 4. The Hall–Kier alpha value is -1.14. The summed E-state index contributed by atoms with van der Waals surface area (Å²) in [7, 11) is -2.05. The number of aldehydes is 1. The summed E-state index contributed by atoms with van der Waals surface area (Å²) in [5.41, 5.74) is 0. The molecule has 0 saturated heterocycles. The first-order valence-electron chi connectivity index (χ1n) is 5.05. The minimum absolute atomic E-state index is 0.0263. The highest BCUT2D eigenvalue weighted by Crippen LogP contribution is 2.31. The van der Waals surface area contributed by atoms with Crippen LogP contribution in [0.15, 0.2) is 21.6 Å². The lowest BCUT2D eigenvalue weighted by Crippen LogP contribution is -2.28. The summed E-state index contributed by atoms with van der Waals surface area (Å²) in [5.74, 6) is 0.499. The molecule has 0 bridgehead atoms.